The SMILES string of the molecule is CCOCc1ccc(-c2ccc(CCc3ccc(C)c(F)c3F)cc2)cc1F. The molecule has 0 aliphatic rings. The third kappa shape index (κ3) is 4.63. The van der Waals surface area contributed by atoms with Crippen molar-refractivity contribution in [1.82, 2.24) is 0 Å². The van der Waals surface area contributed by atoms with Crippen molar-refractivity contribution in [2.75, 3.05) is 6.61 Å². The van der Waals surface area contributed by atoms with Crippen LogP contribution in [-0.4, -0.2) is 6.61 Å². The van der Waals surface area contributed by atoms with E-state index in [0.717, 1.165) is 16.7 Å². The third-order valence-corrected chi connectivity index (χ3v) is 4.84. The number of hydrogen-bond donors (Lipinski definition) is 0. The Morgan fingerprint density at radius 1 is 0.750 bits per heavy atom. The molecule has 3 aromatic carbocycles. The third-order valence-electron chi connectivity index (χ3n) is 4.84. The molecule has 0 atom stereocenters. The summed E-state index contributed by atoms with van der Waals surface area (Å²) in [5, 5.41) is 0. The molecule has 0 aliphatic carbocycles. The van der Waals surface area contributed by atoms with Crippen molar-refractivity contribution in [2.24, 2.45) is 0 Å². The van der Waals surface area contributed by atoms with Crippen LogP contribution in [0.2, 0.25) is 0 Å². The molecule has 0 saturated carbocycles. The van der Waals surface area contributed by atoms with E-state index in [1.165, 1.54) is 6.07 Å². The number of aryl methyl sites for hydroxylation is 3. The predicted octanol–water partition coefficient (Wildman–Crippen LogP) is 6.40. The van der Waals surface area contributed by atoms with Crippen LogP contribution in [0.3, 0.4) is 0 Å². The van der Waals surface area contributed by atoms with E-state index >= 15 is 0 Å². The van der Waals surface area contributed by atoms with Crippen molar-refractivity contribution in [1.29, 1.82) is 0 Å². The first kappa shape index (κ1) is 20.2. The Balaban J connectivity index is 1.68. The van der Waals surface area contributed by atoms with E-state index in [9.17, 15) is 13.2 Å². The lowest BCUT2D eigenvalue weighted by molar-refractivity contribution is 0.131. The summed E-state index contributed by atoms with van der Waals surface area (Å²) >= 11 is 0. The molecule has 0 fully saturated rings. The van der Waals surface area contributed by atoms with Gasteiger partial charge in [0, 0.05) is 12.2 Å². The lowest BCUT2D eigenvalue weighted by Gasteiger charge is -2.09. The molecule has 4 heteroatoms. The fourth-order valence-electron chi connectivity index (χ4n) is 3.08. The summed E-state index contributed by atoms with van der Waals surface area (Å²) in [6.07, 6.45) is 1.02. The molecule has 0 aliphatic heterocycles. The van der Waals surface area contributed by atoms with Gasteiger partial charge in [-0.25, -0.2) is 13.2 Å². The van der Waals surface area contributed by atoms with Gasteiger partial charge in [-0.1, -0.05) is 48.5 Å². The fourth-order valence-corrected chi connectivity index (χ4v) is 3.08. The molecule has 0 N–H and O–H groups in total. The monoisotopic (exact) mass is 384 g/mol. The molecule has 28 heavy (non-hydrogen) atoms. The van der Waals surface area contributed by atoms with E-state index in [0.29, 0.717) is 36.1 Å². The summed E-state index contributed by atoms with van der Waals surface area (Å²) < 4.78 is 47.1. The first-order chi connectivity index (χ1) is 13.5. The summed E-state index contributed by atoms with van der Waals surface area (Å²) in [6, 6.07) is 16.0. The van der Waals surface area contributed by atoms with Crippen molar-refractivity contribution in [2.45, 2.75) is 33.3 Å². The quantitative estimate of drug-likeness (QED) is 0.458. The Kier molecular flexibility index (Phi) is 6.53. The summed E-state index contributed by atoms with van der Waals surface area (Å²) in [7, 11) is 0. The van der Waals surface area contributed by atoms with Crippen molar-refractivity contribution in [3.05, 3.63) is 94.3 Å². The van der Waals surface area contributed by atoms with Crippen LogP contribution in [0, 0.1) is 24.4 Å². The first-order valence-electron chi connectivity index (χ1n) is 9.38. The van der Waals surface area contributed by atoms with Gasteiger partial charge in [-0.05, 0) is 60.6 Å². The topological polar surface area (TPSA) is 9.23 Å². The molecule has 3 aromatic rings. The number of hydrogen-bond acceptors (Lipinski definition) is 1. The Bertz CT molecular complexity index is 949. The molecule has 3 rings (SSSR count). The van der Waals surface area contributed by atoms with Gasteiger partial charge in [0.25, 0.3) is 0 Å². The van der Waals surface area contributed by atoms with Crippen molar-refractivity contribution >= 4 is 0 Å². The lowest BCUT2D eigenvalue weighted by atomic mass is 9.99. The minimum atomic E-state index is -0.775. The average molecular weight is 384 g/mol. The van der Waals surface area contributed by atoms with Crippen LogP contribution >= 0.6 is 0 Å². The van der Waals surface area contributed by atoms with E-state index in [4.69, 9.17) is 4.74 Å². The van der Waals surface area contributed by atoms with Gasteiger partial charge in [0.15, 0.2) is 11.6 Å². The van der Waals surface area contributed by atoms with E-state index in [2.05, 4.69) is 0 Å². The summed E-state index contributed by atoms with van der Waals surface area (Å²) in [4.78, 5) is 0. The normalized spacial score (nSPS) is 11.0. The van der Waals surface area contributed by atoms with Gasteiger partial charge >= 0.3 is 0 Å². The minimum absolute atomic E-state index is 0.262. The second kappa shape index (κ2) is 9.07. The summed E-state index contributed by atoms with van der Waals surface area (Å²) in [6.45, 7) is 4.23. The molecule has 0 heterocycles. The predicted molar refractivity (Wildman–Crippen MR) is 106 cm³/mol. The average Bonchev–Trinajstić information content (AvgIpc) is 2.71. The maximum Gasteiger partial charge on any atom is 0.162 e. The maximum absolute atomic E-state index is 14.2. The van der Waals surface area contributed by atoms with Crippen LogP contribution in [-0.2, 0) is 24.2 Å². The first-order valence-corrected chi connectivity index (χ1v) is 9.38. The molecule has 0 radical (unpaired) electrons. The van der Waals surface area contributed by atoms with Gasteiger partial charge < -0.3 is 4.74 Å². The van der Waals surface area contributed by atoms with Crippen LogP contribution in [0.5, 0.6) is 0 Å². The standard InChI is InChI=1S/C24H23F3O/c1-3-28-15-21-13-12-20(14-22(21)25)18-9-5-17(6-10-18)7-11-19-8-4-16(2)23(26)24(19)27/h4-6,8-10,12-14H,3,7,11,15H2,1-2H3. The lowest BCUT2D eigenvalue weighted by Crippen LogP contribution is -1.99. The maximum atomic E-state index is 14.2. The zero-order chi connectivity index (χ0) is 20.1. The Hall–Kier alpha value is -2.59. The highest BCUT2D eigenvalue weighted by Gasteiger charge is 2.11. The summed E-state index contributed by atoms with van der Waals surface area (Å²) in [5.74, 6) is -1.83. The molecule has 0 unspecified atom stereocenters. The van der Waals surface area contributed by atoms with E-state index in [1.807, 2.05) is 37.3 Å². The van der Waals surface area contributed by atoms with Gasteiger partial charge in [-0.15, -0.1) is 0 Å². The largest absolute Gasteiger partial charge is 0.377 e. The van der Waals surface area contributed by atoms with Gasteiger partial charge in [0.2, 0.25) is 0 Å². The van der Waals surface area contributed by atoms with Crippen LogP contribution in [0.25, 0.3) is 11.1 Å². The zero-order valence-electron chi connectivity index (χ0n) is 16.1. The number of rotatable bonds is 7. The van der Waals surface area contributed by atoms with Crippen LogP contribution in [0.15, 0.2) is 54.6 Å². The highest BCUT2D eigenvalue weighted by Crippen LogP contribution is 2.24. The number of ether oxygens (including phenoxy) is 1. The molecule has 0 bridgehead atoms. The van der Waals surface area contributed by atoms with Gasteiger partial charge in [-0.2, -0.15) is 0 Å². The van der Waals surface area contributed by atoms with E-state index < -0.39 is 11.6 Å². The molecule has 0 amide bonds. The van der Waals surface area contributed by atoms with E-state index in [1.54, 1.807) is 25.1 Å². The second-order valence-electron chi connectivity index (χ2n) is 6.81. The van der Waals surface area contributed by atoms with Crippen molar-refractivity contribution in [3.8, 4) is 11.1 Å². The second-order valence-corrected chi connectivity index (χ2v) is 6.81. The minimum Gasteiger partial charge on any atom is -0.377 e. The zero-order valence-corrected chi connectivity index (χ0v) is 16.1. The van der Waals surface area contributed by atoms with Crippen LogP contribution in [0.4, 0.5) is 13.2 Å². The van der Waals surface area contributed by atoms with Crippen molar-refractivity contribution in [3.63, 3.8) is 0 Å². The van der Waals surface area contributed by atoms with Gasteiger partial charge in [0.05, 0.1) is 6.61 Å². The number of halogens is 3. The van der Waals surface area contributed by atoms with Crippen molar-refractivity contribution < 1.29 is 17.9 Å². The van der Waals surface area contributed by atoms with Crippen LogP contribution in [0.1, 0.15) is 29.2 Å². The van der Waals surface area contributed by atoms with Gasteiger partial charge in [0.1, 0.15) is 5.82 Å². The highest BCUT2D eigenvalue weighted by atomic mass is 19.2. The highest BCUT2D eigenvalue weighted by molar-refractivity contribution is 5.64. The molecule has 146 valence electrons. The smallest absolute Gasteiger partial charge is 0.162 e. The Morgan fingerprint density at radius 3 is 2.11 bits per heavy atom. The Morgan fingerprint density at radius 2 is 1.43 bits per heavy atom. The molecular weight excluding hydrogens is 361 g/mol. The number of benzene rings is 3. The molecule has 0 spiro atoms. The molecule has 0 saturated heterocycles. The van der Waals surface area contributed by atoms with Gasteiger partial charge in [-0.3, -0.25) is 0 Å². The Labute approximate surface area is 163 Å². The molecule has 1 nitrogen and oxygen atoms in total. The summed E-state index contributed by atoms with van der Waals surface area (Å²) in [5.41, 5.74) is 3.92. The van der Waals surface area contributed by atoms with Crippen LogP contribution < -0.4 is 0 Å². The molecular formula is C24H23F3O. The molecule has 0 aromatic heterocycles. The van der Waals surface area contributed by atoms with E-state index in [-0.39, 0.29) is 12.4 Å². The fraction of sp³-hybridized carbons (Fsp3) is 0.250.